The number of carbonyl (C=O) groups is 2. The first-order valence-corrected chi connectivity index (χ1v) is 17.2. The lowest BCUT2D eigenvalue weighted by Gasteiger charge is -2.11. The van der Waals surface area contributed by atoms with Crippen molar-refractivity contribution in [3.8, 4) is 0 Å². The van der Waals surface area contributed by atoms with Crippen molar-refractivity contribution < 1.29 is 14.3 Å². The zero-order valence-corrected chi connectivity index (χ0v) is 30.2. The second-order valence-corrected chi connectivity index (χ2v) is 13.7. The molecule has 1 atom stereocenters. The van der Waals surface area contributed by atoms with Crippen molar-refractivity contribution in [3.05, 3.63) is 103 Å². The number of ketones is 2. The van der Waals surface area contributed by atoms with Crippen molar-refractivity contribution in [1.29, 1.82) is 0 Å². The van der Waals surface area contributed by atoms with Crippen molar-refractivity contribution in [2.75, 3.05) is 13.2 Å². The highest BCUT2D eigenvalue weighted by Gasteiger charge is 2.34. The van der Waals surface area contributed by atoms with E-state index in [4.69, 9.17) is 16.3 Å². The molecular weight excluding hydrogens is 764 g/mol. The second-order valence-electron chi connectivity index (χ2n) is 11.5. The van der Waals surface area contributed by atoms with E-state index in [9.17, 15) is 9.59 Å². The third-order valence-corrected chi connectivity index (χ3v) is 9.48. The Labute approximate surface area is 298 Å². The van der Waals surface area contributed by atoms with Crippen molar-refractivity contribution in [2.24, 2.45) is 14.1 Å². The summed E-state index contributed by atoms with van der Waals surface area (Å²) in [5.74, 6) is 0.178. The Balaban J connectivity index is 0.000000125. The van der Waals surface area contributed by atoms with Crippen LogP contribution in [0.15, 0.2) is 70.4 Å². The van der Waals surface area contributed by atoms with Gasteiger partial charge in [0.25, 0.3) is 0 Å². The maximum absolute atomic E-state index is 12.5. The summed E-state index contributed by atoms with van der Waals surface area (Å²) in [6, 6.07) is 12.0. The van der Waals surface area contributed by atoms with Crippen LogP contribution in [-0.4, -0.2) is 64.3 Å². The molecule has 9 rings (SSSR count). The molecule has 4 aromatic heterocycles. The van der Waals surface area contributed by atoms with Crippen LogP contribution in [-0.2, 0) is 47.7 Å². The van der Waals surface area contributed by atoms with Gasteiger partial charge in [-0.3, -0.25) is 19.0 Å². The van der Waals surface area contributed by atoms with Crippen LogP contribution in [0.2, 0.25) is 5.15 Å². The molecule has 246 valence electrons. The molecule has 0 spiro atoms. The van der Waals surface area contributed by atoms with Gasteiger partial charge in [0, 0.05) is 55.5 Å². The maximum Gasteiger partial charge on any atom is 0.162 e. The van der Waals surface area contributed by atoms with E-state index in [1.54, 1.807) is 21.8 Å². The Morgan fingerprint density at radius 2 is 1.35 bits per heavy atom. The number of benzene rings is 2. The van der Waals surface area contributed by atoms with E-state index in [2.05, 4.69) is 62.0 Å². The van der Waals surface area contributed by atoms with Gasteiger partial charge in [0.1, 0.15) is 23.6 Å². The minimum Gasteiger partial charge on any atom is -0.381 e. The first kappa shape index (κ1) is 34.0. The van der Waals surface area contributed by atoms with E-state index < -0.39 is 0 Å². The van der Waals surface area contributed by atoms with Gasteiger partial charge in [0.2, 0.25) is 0 Å². The Morgan fingerprint density at radius 3 is 2.02 bits per heavy atom. The van der Waals surface area contributed by atoms with Gasteiger partial charge in [-0.2, -0.15) is 10.2 Å². The van der Waals surface area contributed by atoms with Crippen molar-refractivity contribution in [1.82, 2.24) is 39.5 Å². The van der Waals surface area contributed by atoms with E-state index >= 15 is 0 Å². The van der Waals surface area contributed by atoms with Crippen LogP contribution in [0.5, 0.6) is 0 Å². The molecular formula is C34H31Br2ClN8O3. The van der Waals surface area contributed by atoms with Gasteiger partial charge in [-0.15, -0.1) is 0 Å². The standard InChI is InChI=1S/C15H11BrN4O.C9H7BrO.C6H5ClN4.C4H8O/c1-20-15-11(6-19-20)14(17-7-18-15)13-10-5-9(16)3-2-8(10)4-12(13)21;10-8-2-1-6-4-9(11)5-7(6)3-8;1-11-6-4(2-10-11)5(7)8-3-9-6;1-2-4-5-3-1/h2-3,5-7,13H,4H2,1H3;1-3H,4-5H2;2-3H,1H3;1-4H2. The summed E-state index contributed by atoms with van der Waals surface area (Å²) in [5.41, 5.74) is 6.72. The van der Waals surface area contributed by atoms with Crippen LogP contribution in [0.25, 0.3) is 22.1 Å². The predicted octanol–water partition coefficient (Wildman–Crippen LogP) is 6.31. The molecule has 2 aliphatic carbocycles. The van der Waals surface area contributed by atoms with Gasteiger partial charge in [-0.05, 0) is 59.4 Å². The highest BCUT2D eigenvalue weighted by atomic mass is 79.9. The van der Waals surface area contributed by atoms with E-state index in [1.165, 1.54) is 36.6 Å². The minimum atomic E-state index is -0.327. The molecule has 11 nitrogen and oxygen atoms in total. The van der Waals surface area contributed by atoms with Gasteiger partial charge in [0.05, 0.1) is 34.8 Å². The van der Waals surface area contributed by atoms with Gasteiger partial charge >= 0.3 is 0 Å². The maximum atomic E-state index is 12.5. The quantitative estimate of drug-likeness (QED) is 0.176. The molecule has 3 aliphatic rings. The van der Waals surface area contributed by atoms with E-state index in [0.717, 1.165) is 61.0 Å². The fourth-order valence-electron chi connectivity index (χ4n) is 5.83. The predicted molar refractivity (Wildman–Crippen MR) is 189 cm³/mol. The molecule has 0 amide bonds. The van der Waals surface area contributed by atoms with E-state index in [0.29, 0.717) is 30.2 Å². The van der Waals surface area contributed by atoms with Crippen LogP contribution in [0, 0.1) is 0 Å². The molecule has 1 saturated heterocycles. The number of nitrogens with zero attached hydrogens (tertiary/aromatic N) is 8. The van der Waals surface area contributed by atoms with E-state index in [1.807, 2.05) is 50.5 Å². The highest BCUT2D eigenvalue weighted by Crippen LogP contribution is 2.38. The molecule has 6 aromatic rings. The van der Waals surface area contributed by atoms with Crippen LogP contribution in [0.1, 0.15) is 46.7 Å². The van der Waals surface area contributed by atoms with Gasteiger partial charge in [-0.25, -0.2) is 19.9 Å². The summed E-state index contributed by atoms with van der Waals surface area (Å²) in [6.07, 6.45) is 10.6. The Kier molecular flexibility index (Phi) is 10.7. The number of hydrogen-bond acceptors (Lipinski definition) is 9. The van der Waals surface area contributed by atoms with Crippen molar-refractivity contribution >= 4 is 77.1 Å². The number of rotatable bonds is 1. The van der Waals surface area contributed by atoms with Crippen LogP contribution in [0.4, 0.5) is 0 Å². The number of hydrogen-bond donors (Lipinski definition) is 0. The number of Topliss-reactive ketones (excluding diaryl/α,β-unsaturated/α-hetero) is 2. The van der Waals surface area contributed by atoms with Gasteiger partial charge in [0.15, 0.2) is 17.1 Å². The molecule has 0 radical (unpaired) electrons. The third kappa shape index (κ3) is 7.54. The fourth-order valence-corrected chi connectivity index (χ4v) is 6.80. The molecule has 1 unspecified atom stereocenters. The number of carbonyl (C=O) groups excluding carboxylic acids is 2. The van der Waals surface area contributed by atoms with Gasteiger partial charge in [-0.1, -0.05) is 55.6 Å². The average Bonchev–Trinajstić information content (AvgIpc) is 3.91. The minimum absolute atomic E-state index is 0.173. The summed E-state index contributed by atoms with van der Waals surface area (Å²) in [5, 5.41) is 10.3. The summed E-state index contributed by atoms with van der Waals surface area (Å²) in [6.45, 7) is 2.00. The lowest BCUT2D eigenvalue weighted by Crippen LogP contribution is -2.10. The molecule has 14 heteroatoms. The normalized spacial score (nSPS) is 16.1. The lowest BCUT2D eigenvalue weighted by atomic mass is 9.95. The Morgan fingerprint density at radius 1 is 0.750 bits per heavy atom. The fraction of sp³-hybridized carbons (Fsp3) is 0.294. The number of fused-ring (bicyclic) bond motifs is 4. The zero-order valence-electron chi connectivity index (χ0n) is 26.2. The molecule has 0 saturated carbocycles. The monoisotopic (exact) mass is 792 g/mol. The number of aromatic nitrogens is 8. The summed E-state index contributed by atoms with van der Waals surface area (Å²) < 4.78 is 10.3. The molecule has 0 bridgehead atoms. The zero-order chi connectivity index (χ0) is 33.8. The Hall–Kier alpha value is -3.91. The Bertz CT molecular complexity index is 2120. The summed E-state index contributed by atoms with van der Waals surface area (Å²) in [4.78, 5) is 39.9. The summed E-state index contributed by atoms with van der Waals surface area (Å²) >= 11 is 12.6. The molecule has 5 heterocycles. The second kappa shape index (κ2) is 15.1. The van der Waals surface area contributed by atoms with E-state index in [-0.39, 0.29) is 11.7 Å². The van der Waals surface area contributed by atoms with Crippen LogP contribution < -0.4 is 0 Å². The third-order valence-electron chi connectivity index (χ3n) is 8.19. The molecule has 1 aliphatic heterocycles. The average molecular weight is 795 g/mol. The summed E-state index contributed by atoms with van der Waals surface area (Å²) in [7, 11) is 3.64. The van der Waals surface area contributed by atoms with Gasteiger partial charge < -0.3 is 4.74 Å². The first-order valence-electron chi connectivity index (χ1n) is 15.3. The SMILES string of the molecule is C1CCOC1.Cn1ncc2c(C3C(=O)Cc4ccc(Br)cc43)ncnc21.Cn1ncc2c(Cl)ncnc21.O=C1Cc2ccc(Br)cc2C1. The van der Waals surface area contributed by atoms with Crippen molar-refractivity contribution in [2.45, 2.75) is 38.0 Å². The highest BCUT2D eigenvalue weighted by molar-refractivity contribution is 9.10. The van der Waals surface area contributed by atoms with Crippen LogP contribution in [0.3, 0.4) is 0 Å². The molecule has 2 aromatic carbocycles. The number of ether oxygens (including phenoxy) is 1. The molecule has 0 N–H and O–H groups in total. The van der Waals surface area contributed by atoms with Crippen LogP contribution >= 0.6 is 43.5 Å². The number of halogens is 3. The molecule has 1 fully saturated rings. The topological polar surface area (TPSA) is 131 Å². The number of aryl methyl sites for hydroxylation is 2. The van der Waals surface area contributed by atoms with Crippen molar-refractivity contribution in [3.63, 3.8) is 0 Å². The smallest absolute Gasteiger partial charge is 0.162 e. The molecule has 48 heavy (non-hydrogen) atoms. The lowest BCUT2D eigenvalue weighted by molar-refractivity contribution is -0.118. The first-order chi connectivity index (χ1) is 23.2. The largest absolute Gasteiger partial charge is 0.381 e.